The number of sulfonamides is 1. The first-order valence-electron chi connectivity index (χ1n) is 8.55. The van der Waals surface area contributed by atoms with E-state index in [0.717, 1.165) is 29.8 Å². The van der Waals surface area contributed by atoms with E-state index in [0.29, 0.717) is 6.54 Å². The van der Waals surface area contributed by atoms with Gasteiger partial charge in [0, 0.05) is 23.8 Å². The molecule has 134 valence electrons. The van der Waals surface area contributed by atoms with Gasteiger partial charge in [-0.15, -0.1) is 0 Å². The highest BCUT2D eigenvalue weighted by atomic mass is 32.2. The maximum absolute atomic E-state index is 12.3. The molecule has 2 aromatic rings. The van der Waals surface area contributed by atoms with Crippen LogP contribution in [0.2, 0.25) is 0 Å². The highest BCUT2D eigenvalue weighted by Gasteiger charge is 2.27. The highest BCUT2D eigenvalue weighted by molar-refractivity contribution is 7.89. The maximum atomic E-state index is 12.3. The van der Waals surface area contributed by atoms with Gasteiger partial charge in [-0.3, -0.25) is 0 Å². The van der Waals surface area contributed by atoms with Crippen LogP contribution in [0.4, 0.5) is 5.69 Å². The first-order valence-corrected chi connectivity index (χ1v) is 10.0. The quantitative estimate of drug-likeness (QED) is 0.756. The number of rotatable bonds is 8. The van der Waals surface area contributed by atoms with Crippen molar-refractivity contribution in [3.05, 3.63) is 54.1 Å². The molecule has 0 amide bonds. The molecule has 1 saturated carbocycles. The van der Waals surface area contributed by atoms with Crippen LogP contribution < -0.4 is 14.8 Å². The summed E-state index contributed by atoms with van der Waals surface area (Å²) in [5.74, 6) is 0.837. The van der Waals surface area contributed by atoms with Crippen LogP contribution in [-0.2, 0) is 16.6 Å². The molecular formula is C19H24N2O3S. The molecule has 0 aliphatic heterocycles. The molecule has 1 fully saturated rings. The Morgan fingerprint density at radius 3 is 2.60 bits per heavy atom. The summed E-state index contributed by atoms with van der Waals surface area (Å²) in [7, 11) is -3.44. The van der Waals surface area contributed by atoms with Crippen LogP contribution in [0, 0.1) is 0 Å². The molecule has 6 heteroatoms. The first kappa shape index (κ1) is 17.8. The third kappa shape index (κ3) is 4.96. The van der Waals surface area contributed by atoms with Crippen molar-refractivity contribution in [1.82, 2.24) is 4.72 Å². The second-order valence-corrected chi connectivity index (χ2v) is 8.27. The molecule has 0 atom stereocenters. The van der Waals surface area contributed by atoms with Crippen LogP contribution in [0.25, 0.3) is 0 Å². The number of para-hydroxylation sites is 1. The summed E-state index contributed by atoms with van der Waals surface area (Å²) >= 11 is 0. The molecule has 0 aromatic heterocycles. The van der Waals surface area contributed by atoms with E-state index in [1.165, 1.54) is 0 Å². The molecule has 0 saturated heterocycles. The van der Waals surface area contributed by atoms with Gasteiger partial charge >= 0.3 is 0 Å². The topological polar surface area (TPSA) is 67.4 Å². The van der Waals surface area contributed by atoms with E-state index in [2.05, 4.69) is 10.0 Å². The summed E-state index contributed by atoms with van der Waals surface area (Å²) in [4.78, 5) is 0.288. The van der Waals surface area contributed by atoms with Crippen LogP contribution in [0.1, 0.15) is 32.3 Å². The summed E-state index contributed by atoms with van der Waals surface area (Å²) in [6.07, 6.45) is 1.94. The minimum absolute atomic E-state index is 0.0988. The SMILES string of the molecule is CC(C)Oc1ccccc1CNc1cccc(S(=O)(=O)NC2CC2)c1. The molecule has 3 rings (SSSR count). The van der Waals surface area contributed by atoms with Gasteiger partial charge in [0.1, 0.15) is 5.75 Å². The van der Waals surface area contributed by atoms with Gasteiger partial charge in [0.15, 0.2) is 0 Å². The van der Waals surface area contributed by atoms with Gasteiger partial charge in [-0.05, 0) is 51.0 Å². The molecule has 0 spiro atoms. The van der Waals surface area contributed by atoms with Crippen LogP contribution in [-0.4, -0.2) is 20.6 Å². The van der Waals surface area contributed by atoms with Crippen molar-refractivity contribution < 1.29 is 13.2 Å². The van der Waals surface area contributed by atoms with E-state index < -0.39 is 10.0 Å². The molecule has 0 bridgehead atoms. The van der Waals surface area contributed by atoms with Crippen molar-refractivity contribution in [2.24, 2.45) is 0 Å². The summed E-state index contributed by atoms with van der Waals surface area (Å²) in [5.41, 5.74) is 1.79. The average Bonchev–Trinajstić information content (AvgIpc) is 3.37. The average molecular weight is 360 g/mol. The fraction of sp³-hybridized carbons (Fsp3) is 0.368. The number of hydrogen-bond acceptors (Lipinski definition) is 4. The fourth-order valence-corrected chi connectivity index (χ4v) is 3.83. The molecule has 0 radical (unpaired) electrons. The Morgan fingerprint density at radius 1 is 1.12 bits per heavy atom. The summed E-state index contributed by atoms with van der Waals surface area (Å²) in [5, 5.41) is 3.28. The zero-order chi connectivity index (χ0) is 17.9. The van der Waals surface area contributed by atoms with E-state index in [1.54, 1.807) is 18.2 Å². The minimum Gasteiger partial charge on any atom is -0.491 e. The Bertz CT molecular complexity index is 830. The van der Waals surface area contributed by atoms with Gasteiger partial charge in [-0.1, -0.05) is 24.3 Å². The molecule has 1 aliphatic rings. The molecule has 25 heavy (non-hydrogen) atoms. The third-order valence-corrected chi connectivity index (χ3v) is 5.38. The van der Waals surface area contributed by atoms with Crippen molar-refractivity contribution in [2.75, 3.05) is 5.32 Å². The van der Waals surface area contributed by atoms with Crippen molar-refractivity contribution in [3.8, 4) is 5.75 Å². The van der Waals surface area contributed by atoms with E-state index in [-0.39, 0.29) is 17.0 Å². The summed E-state index contributed by atoms with van der Waals surface area (Å²) < 4.78 is 33.2. The minimum atomic E-state index is -3.44. The Morgan fingerprint density at radius 2 is 1.88 bits per heavy atom. The number of ether oxygens (including phenoxy) is 1. The molecule has 0 unspecified atom stereocenters. The van der Waals surface area contributed by atoms with E-state index in [4.69, 9.17) is 4.74 Å². The van der Waals surface area contributed by atoms with E-state index in [1.807, 2.05) is 44.2 Å². The maximum Gasteiger partial charge on any atom is 0.240 e. The largest absolute Gasteiger partial charge is 0.491 e. The first-order chi connectivity index (χ1) is 11.9. The predicted octanol–water partition coefficient (Wildman–Crippen LogP) is 3.53. The lowest BCUT2D eigenvalue weighted by molar-refractivity contribution is 0.240. The molecule has 0 heterocycles. The molecule has 1 aliphatic carbocycles. The Hall–Kier alpha value is -2.05. The number of anilines is 1. The van der Waals surface area contributed by atoms with Crippen molar-refractivity contribution in [1.29, 1.82) is 0 Å². The van der Waals surface area contributed by atoms with Gasteiger partial charge < -0.3 is 10.1 Å². The fourth-order valence-electron chi connectivity index (χ4n) is 2.48. The molecule has 2 aromatic carbocycles. The van der Waals surface area contributed by atoms with Gasteiger partial charge in [-0.25, -0.2) is 13.1 Å². The van der Waals surface area contributed by atoms with Crippen LogP contribution in [0.3, 0.4) is 0 Å². The second-order valence-electron chi connectivity index (χ2n) is 6.55. The molecule has 2 N–H and O–H groups in total. The van der Waals surface area contributed by atoms with Crippen LogP contribution in [0.15, 0.2) is 53.4 Å². The van der Waals surface area contributed by atoms with Gasteiger partial charge in [-0.2, -0.15) is 0 Å². The van der Waals surface area contributed by atoms with Gasteiger partial charge in [0.2, 0.25) is 10.0 Å². The van der Waals surface area contributed by atoms with Crippen molar-refractivity contribution >= 4 is 15.7 Å². The van der Waals surface area contributed by atoms with Crippen LogP contribution >= 0.6 is 0 Å². The second kappa shape index (κ2) is 7.45. The zero-order valence-electron chi connectivity index (χ0n) is 14.5. The smallest absolute Gasteiger partial charge is 0.240 e. The van der Waals surface area contributed by atoms with Crippen molar-refractivity contribution in [3.63, 3.8) is 0 Å². The van der Waals surface area contributed by atoms with Gasteiger partial charge in [0.25, 0.3) is 0 Å². The van der Waals surface area contributed by atoms with E-state index >= 15 is 0 Å². The van der Waals surface area contributed by atoms with Gasteiger partial charge in [0.05, 0.1) is 11.0 Å². The Labute approximate surface area is 149 Å². The Kier molecular flexibility index (Phi) is 5.30. The zero-order valence-corrected chi connectivity index (χ0v) is 15.3. The number of benzene rings is 2. The highest BCUT2D eigenvalue weighted by Crippen LogP contribution is 2.24. The number of nitrogens with one attached hydrogen (secondary N) is 2. The standard InChI is InChI=1S/C19H24N2O3S/c1-14(2)24-19-9-4-3-6-15(19)13-20-17-7-5-8-18(12-17)25(22,23)21-16-10-11-16/h3-9,12,14,16,20-21H,10-11,13H2,1-2H3. The number of hydrogen-bond donors (Lipinski definition) is 2. The lowest BCUT2D eigenvalue weighted by Crippen LogP contribution is -2.25. The Balaban J connectivity index is 1.71. The lowest BCUT2D eigenvalue weighted by Gasteiger charge is -2.15. The van der Waals surface area contributed by atoms with Crippen molar-refractivity contribution in [2.45, 2.75) is 50.3 Å². The van der Waals surface area contributed by atoms with Crippen LogP contribution in [0.5, 0.6) is 5.75 Å². The normalized spacial score (nSPS) is 14.5. The third-order valence-electron chi connectivity index (χ3n) is 3.86. The van der Waals surface area contributed by atoms with E-state index in [9.17, 15) is 8.42 Å². The monoisotopic (exact) mass is 360 g/mol. The lowest BCUT2D eigenvalue weighted by atomic mass is 10.2. The predicted molar refractivity (Wildman–Crippen MR) is 99.3 cm³/mol. The molecular weight excluding hydrogens is 336 g/mol. The summed E-state index contributed by atoms with van der Waals surface area (Å²) in [6, 6.07) is 14.8. The molecule has 5 nitrogen and oxygen atoms in total. The summed E-state index contributed by atoms with van der Waals surface area (Å²) in [6.45, 7) is 4.54.